The van der Waals surface area contributed by atoms with Gasteiger partial charge in [-0.25, -0.2) is 0 Å². The first kappa shape index (κ1) is 17.8. The van der Waals surface area contributed by atoms with Gasteiger partial charge in [-0.2, -0.15) is 0 Å². The van der Waals surface area contributed by atoms with Crippen LogP contribution in [0.3, 0.4) is 0 Å². The number of benzene rings is 1. The van der Waals surface area contributed by atoms with E-state index in [9.17, 15) is 4.79 Å². The SMILES string of the molecule is CCOc1ccc(OCC(=O)N(CC)CCc2ccncc2)cc1. The molecule has 0 aliphatic rings. The number of nitrogens with zero attached hydrogens (tertiary/aromatic N) is 2. The molecule has 1 amide bonds. The summed E-state index contributed by atoms with van der Waals surface area (Å²) in [6, 6.07) is 11.2. The largest absolute Gasteiger partial charge is 0.494 e. The van der Waals surface area contributed by atoms with Gasteiger partial charge in [-0.3, -0.25) is 9.78 Å². The summed E-state index contributed by atoms with van der Waals surface area (Å²) in [6.07, 6.45) is 4.34. The minimum atomic E-state index is -0.0135. The maximum atomic E-state index is 12.3. The van der Waals surface area contributed by atoms with E-state index < -0.39 is 0 Å². The quantitative estimate of drug-likeness (QED) is 0.710. The molecule has 1 aromatic carbocycles. The normalized spacial score (nSPS) is 10.2. The van der Waals surface area contributed by atoms with Crippen LogP contribution in [-0.2, 0) is 11.2 Å². The first-order chi connectivity index (χ1) is 11.7. The molecule has 0 bridgehead atoms. The van der Waals surface area contributed by atoms with E-state index in [1.54, 1.807) is 17.3 Å². The molecule has 24 heavy (non-hydrogen) atoms. The Morgan fingerprint density at radius 1 is 1.00 bits per heavy atom. The highest BCUT2D eigenvalue weighted by atomic mass is 16.5. The van der Waals surface area contributed by atoms with Crippen LogP contribution in [0.15, 0.2) is 48.8 Å². The third-order valence-electron chi connectivity index (χ3n) is 3.65. The van der Waals surface area contributed by atoms with Crippen molar-refractivity contribution >= 4 is 5.91 Å². The van der Waals surface area contributed by atoms with Gasteiger partial charge in [-0.05, 0) is 62.2 Å². The number of amides is 1. The highest BCUT2D eigenvalue weighted by Gasteiger charge is 2.12. The predicted molar refractivity (Wildman–Crippen MR) is 93.3 cm³/mol. The maximum absolute atomic E-state index is 12.3. The van der Waals surface area contributed by atoms with Gasteiger partial charge in [0.15, 0.2) is 6.61 Å². The molecule has 1 heterocycles. The summed E-state index contributed by atoms with van der Waals surface area (Å²) in [5.74, 6) is 1.45. The fraction of sp³-hybridized carbons (Fsp3) is 0.368. The van der Waals surface area contributed by atoms with Gasteiger partial charge in [-0.1, -0.05) is 0 Å². The van der Waals surface area contributed by atoms with Gasteiger partial charge < -0.3 is 14.4 Å². The minimum absolute atomic E-state index is 0.0135. The Balaban J connectivity index is 1.80. The van der Waals surface area contributed by atoms with Crippen LogP contribution in [0.1, 0.15) is 19.4 Å². The Kier molecular flexibility index (Phi) is 7.08. The van der Waals surface area contributed by atoms with Crippen LogP contribution >= 0.6 is 0 Å². The fourth-order valence-electron chi connectivity index (χ4n) is 2.31. The summed E-state index contributed by atoms with van der Waals surface area (Å²) in [5.41, 5.74) is 1.17. The number of carbonyl (C=O) groups excluding carboxylic acids is 1. The number of hydrogen-bond acceptors (Lipinski definition) is 4. The van der Waals surface area contributed by atoms with Crippen LogP contribution in [0.5, 0.6) is 11.5 Å². The molecule has 2 aromatic rings. The van der Waals surface area contributed by atoms with Crippen molar-refractivity contribution in [2.75, 3.05) is 26.3 Å². The molecule has 0 atom stereocenters. The molecule has 0 aliphatic carbocycles. The van der Waals surface area contributed by atoms with Crippen molar-refractivity contribution in [1.82, 2.24) is 9.88 Å². The van der Waals surface area contributed by atoms with Crippen molar-refractivity contribution in [2.45, 2.75) is 20.3 Å². The van der Waals surface area contributed by atoms with Crippen LogP contribution < -0.4 is 9.47 Å². The van der Waals surface area contributed by atoms with Gasteiger partial charge in [0.2, 0.25) is 0 Å². The number of ether oxygens (including phenoxy) is 2. The second-order valence-electron chi connectivity index (χ2n) is 5.27. The number of likely N-dealkylation sites (N-methyl/N-ethyl adjacent to an activating group) is 1. The van der Waals surface area contributed by atoms with Gasteiger partial charge in [0, 0.05) is 25.5 Å². The lowest BCUT2D eigenvalue weighted by atomic mass is 10.2. The highest BCUT2D eigenvalue weighted by molar-refractivity contribution is 5.77. The second kappa shape index (κ2) is 9.55. The predicted octanol–water partition coefficient (Wildman–Crippen LogP) is 2.95. The molecule has 2 rings (SSSR count). The van der Waals surface area contributed by atoms with E-state index in [0.29, 0.717) is 25.4 Å². The van der Waals surface area contributed by atoms with Gasteiger partial charge in [0.1, 0.15) is 11.5 Å². The summed E-state index contributed by atoms with van der Waals surface area (Å²) in [6.45, 7) is 5.91. The number of rotatable bonds is 9. The topological polar surface area (TPSA) is 51.7 Å². The number of aromatic nitrogens is 1. The fourth-order valence-corrected chi connectivity index (χ4v) is 2.31. The molecular weight excluding hydrogens is 304 g/mol. The third-order valence-corrected chi connectivity index (χ3v) is 3.65. The molecule has 0 saturated carbocycles. The summed E-state index contributed by atoms with van der Waals surface area (Å²) in [4.78, 5) is 18.1. The average molecular weight is 328 g/mol. The zero-order valence-corrected chi connectivity index (χ0v) is 14.3. The van der Waals surface area contributed by atoms with Crippen molar-refractivity contribution in [3.05, 3.63) is 54.4 Å². The minimum Gasteiger partial charge on any atom is -0.494 e. The zero-order valence-electron chi connectivity index (χ0n) is 14.3. The second-order valence-corrected chi connectivity index (χ2v) is 5.27. The summed E-state index contributed by atoms with van der Waals surface area (Å²) >= 11 is 0. The first-order valence-corrected chi connectivity index (χ1v) is 8.25. The van der Waals surface area contributed by atoms with Crippen LogP contribution in [0.2, 0.25) is 0 Å². The molecule has 0 unspecified atom stereocenters. The van der Waals surface area contributed by atoms with Crippen molar-refractivity contribution in [1.29, 1.82) is 0 Å². The molecule has 5 nitrogen and oxygen atoms in total. The number of hydrogen-bond donors (Lipinski definition) is 0. The summed E-state index contributed by atoms with van der Waals surface area (Å²) < 4.78 is 11.0. The average Bonchev–Trinajstić information content (AvgIpc) is 2.63. The van der Waals surface area contributed by atoms with E-state index in [1.807, 2.05) is 50.2 Å². The smallest absolute Gasteiger partial charge is 0.260 e. The Labute approximate surface area is 143 Å². The van der Waals surface area contributed by atoms with E-state index in [4.69, 9.17) is 9.47 Å². The molecule has 0 N–H and O–H groups in total. The van der Waals surface area contributed by atoms with E-state index in [2.05, 4.69) is 4.98 Å². The molecule has 0 fully saturated rings. The third kappa shape index (κ3) is 5.57. The monoisotopic (exact) mass is 328 g/mol. The molecule has 0 aliphatic heterocycles. The van der Waals surface area contributed by atoms with Crippen molar-refractivity contribution in [3.8, 4) is 11.5 Å². The highest BCUT2D eigenvalue weighted by Crippen LogP contribution is 2.17. The Morgan fingerprint density at radius 2 is 1.62 bits per heavy atom. The van der Waals surface area contributed by atoms with Gasteiger partial charge in [0.05, 0.1) is 6.61 Å². The van der Waals surface area contributed by atoms with Gasteiger partial charge in [-0.15, -0.1) is 0 Å². The van der Waals surface area contributed by atoms with Crippen LogP contribution in [0, 0.1) is 0 Å². The Bertz CT molecular complexity index is 614. The van der Waals surface area contributed by atoms with E-state index in [0.717, 1.165) is 12.2 Å². The van der Waals surface area contributed by atoms with E-state index >= 15 is 0 Å². The van der Waals surface area contributed by atoms with Crippen LogP contribution in [-0.4, -0.2) is 42.1 Å². The molecule has 128 valence electrons. The molecule has 1 aromatic heterocycles. The van der Waals surface area contributed by atoms with Crippen LogP contribution in [0.4, 0.5) is 0 Å². The van der Waals surface area contributed by atoms with Gasteiger partial charge >= 0.3 is 0 Å². The summed E-state index contributed by atoms with van der Waals surface area (Å²) in [5, 5.41) is 0. The van der Waals surface area contributed by atoms with Crippen molar-refractivity contribution < 1.29 is 14.3 Å². The van der Waals surface area contributed by atoms with Crippen LogP contribution in [0.25, 0.3) is 0 Å². The Morgan fingerprint density at radius 3 is 2.21 bits per heavy atom. The maximum Gasteiger partial charge on any atom is 0.260 e. The van der Waals surface area contributed by atoms with Gasteiger partial charge in [0.25, 0.3) is 5.91 Å². The molecule has 0 spiro atoms. The molecule has 5 heteroatoms. The lowest BCUT2D eigenvalue weighted by Crippen LogP contribution is -2.36. The number of pyridine rings is 1. The lowest BCUT2D eigenvalue weighted by Gasteiger charge is -2.21. The summed E-state index contributed by atoms with van der Waals surface area (Å²) in [7, 11) is 0. The molecule has 0 saturated heterocycles. The first-order valence-electron chi connectivity index (χ1n) is 8.25. The lowest BCUT2D eigenvalue weighted by molar-refractivity contribution is -0.133. The number of carbonyl (C=O) groups is 1. The van der Waals surface area contributed by atoms with E-state index in [1.165, 1.54) is 5.56 Å². The zero-order chi connectivity index (χ0) is 17.2. The standard InChI is InChI=1S/C19H24N2O3/c1-3-21(14-11-16-9-12-20-13-10-16)19(22)15-24-18-7-5-17(6-8-18)23-4-2/h5-10,12-13H,3-4,11,14-15H2,1-2H3. The van der Waals surface area contributed by atoms with Crippen molar-refractivity contribution in [3.63, 3.8) is 0 Å². The molecule has 0 radical (unpaired) electrons. The van der Waals surface area contributed by atoms with Crippen molar-refractivity contribution in [2.24, 2.45) is 0 Å². The molecular formula is C19H24N2O3. The Hall–Kier alpha value is -2.56. The van der Waals surface area contributed by atoms with E-state index in [-0.39, 0.29) is 12.5 Å².